The second-order valence-electron chi connectivity index (χ2n) is 3.91. The van der Waals surface area contributed by atoms with E-state index in [-0.39, 0.29) is 36.1 Å². The summed E-state index contributed by atoms with van der Waals surface area (Å²) >= 11 is 0. The lowest BCUT2D eigenvalue weighted by Crippen LogP contribution is -2.32. The molecular formula is C13H18ClF2NO4. The number of hydrogen-bond donors (Lipinski definition) is 1. The average Bonchev–Trinajstić information content (AvgIpc) is 2.45. The first-order valence-corrected chi connectivity index (χ1v) is 5.93. The molecule has 1 aromatic carbocycles. The van der Waals surface area contributed by atoms with Gasteiger partial charge in [0.1, 0.15) is 5.82 Å². The standard InChI is InChI=1S/C13H17F2NO4.ClH/c1-4-20-13(17)11(15)12(16)7-5-9(18-2)10(19-3)6-8(7)14;/h5-6,11-12H,4,16H2,1-3H3;1H/t11?,12-;/m1./s1. The highest BCUT2D eigenvalue weighted by Crippen LogP contribution is 2.33. The molecule has 5 nitrogen and oxygen atoms in total. The monoisotopic (exact) mass is 325 g/mol. The van der Waals surface area contributed by atoms with Crippen LogP contribution in [-0.4, -0.2) is 33.0 Å². The first-order chi connectivity index (χ1) is 9.46. The van der Waals surface area contributed by atoms with Gasteiger partial charge in [0.25, 0.3) is 0 Å². The summed E-state index contributed by atoms with van der Waals surface area (Å²) in [5.41, 5.74) is 5.38. The van der Waals surface area contributed by atoms with Crippen molar-refractivity contribution in [1.29, 1.82) is 0 Å². The smallest absolute Gasteiger partial charge is 0.342 e. The van der Waals surface area contributed by atoms with E-state index in [1.54, 1.807) is 0 Å². The van der Waals surface area contributed by atoms with Crippen LogP contribution in [0.3, 0.4) is 0 Å². The van der Waals surface area contributed by atoms with Crippen molar-refractivity contribution in [2.24, 2.45) is 5.73 Å². The second kappa shape index (κ2) is 8.63. The van der Waals surface area contributed by atoms with Crippen LogP contribution in [0.15, 0.2) is 12.1 Å². The van der Waals surface area contributed by atoms with Gasteiger partial charge in [-0.3, -0.25) is 0 Å². The lowest BCUT2D eigenvalue weighted by molar-refractivity contribution is -0.149. The molecule has 0 saturated heterocycles. The van der Waals surface area contributed by atoms with Crippen molar-refractivity contribution in [2.45, 2.75) is 19.1 Å². The lowest BCUT2D eigenvalue weighted by Gasteiger charge is -2.18. The topological polar surface area (TPSA) is 70.8 Å². The van der Waals surface area contributed by atoms with E-state index in [2.05, 4.69) is 4.74 Å². The van der Waals surface area contributed by atoms with Crippen LogP contribution in [0.1, 0.15) is 18.5 Å². The van der Waals surface area contributed by atoms with Gasteiger partial charge in [-0.05, 0) is 13.0 Å². The Bertz CT molecular complexity index is 487. The summed E-state index contributed by atoms with van der Waals surface area (Å²) in [6.07, 6.45) is -2.16. The van der Waals surface area contributed by atoms with Crippen molar-refractivity contribution < 1.29 is 27.8 Å². The van der Waals surface area contributed by atoms with Gasteiger partial charge in [-0.2, -0.15) is 0 Å². The maximum atomic E-state index is 13.9. The third kappa shape index (κ3) is 4.44. The van der Waals surface area contributed by atoms with Crippen LogP contribution in [0.4, 0.5) is 8.78 Å². The van der Waals surface area contributed by atoms with Crippen LogP contribution in [-0.2, 0) is 9.53 Å². The van der Waals surface area contributed by atoms with E-state index in [0.717, 1.165) is 6.07 Å². The van der Waals surface area contributed by atoms with Gasteiger partial charge in [-0.1, -0.05) is 0 Å². The highest BCUT2D eigenvalue weighted by Gasteiger charge is 2.30. The number of nitrogens with two attached hydrogens (primary N) is 1. The van der Waals surface area contributed by atoms with E-state index in [0.29, 0.717) is 0 Å². The van der Waals surface area contributed by atoms with Gasteiger partial charge in [0.05, 0.1) is 26.9 Å². The largest absolute Gasteiger partial charge is 0.493 e. The molecule has 0 amide bonds. The molecule has 0 heterocycles. The number of carbonyl (C=O) groups excluding carboxylic acids is 1. The van der Waals surface area contributed by atoms with Crippen molar-refractivity contribution in [3.63, 3.8) is 0 Å². The molecule has 0 saturated carbocycles. The molecule has 21 heavy (non-hydrogen) atoms. The Kier molecular flexibility index (Phi) is 7.98. The van der Waals surface area contributed by atoms with E-state index in [9.17, 15) is 13.6 Å². The minimum atomic E-state index is -2.16. The molecule has 120 valence electrons. The molecule has 0 spiro atoms. The van der Waals surface area contributed by atoms with Crippen LogP contribution >= 0.6 is 12.4 Å². The molecule has 1 unspecified atom stereocenters. The summed E-state index contributed by atoms with van der Waals surface area (Å²) < 4.78 is 42.1. The minimum absolute atomic E-state index is 0. The number of esters is 1. The molecule has 0 fully saturated rings. The van der Waals surface area contributed by atoms with Crippen LogP contribution in [0.5, 0.6) is 11.5 Å². The molecule has 8 heteroatoms. The summed E-state index contributed by atoms with van der Waals surface area (Å²) in [5, 5.41) is 0. The predicted molar refractivity (Wildman–Crippen MR) is 75.2 cm³/mol. The van der Waals surface area contributed by atoms with Gasteiger partial charge < -0.3 is 19.9 Å². The molecule has 0 aliphatic heterocycles. The lowest BCUT2D eigenvalue weighted by atomic mass is 10.0. The van der Waals surface area contributed by atoms with E-state index in [4.69, 9.17) is 15.2 Å². The van der Waals surface area contributed by atoms with E-state index in [1.807, 2.05) is 0 Å². The highest BCUT2D eigenvalue weighted by molar-refractivity contribution is 5.85. The van der Waals surface area contributed by atoms with Gasteiger partial charge in [-0.25, -0.2) is 13.6 Å². The number of benzene rings is 1. The molecular weight excluding hydrogens is 308 g/mol. The first-order valence-electron chi connectivity index (χ1n) is 5.93. The third-order valence-corrected chi connectivity index (χ3v) is 2.69. The molecule has 1 aromatic rings. The first kappa shape index (κ1) is 19.4. The highest BCUT2D eigenvalue weighted by atomic mass is 35.5. The minimum Gasteiger partial charge on any atom is -0.493 e. The summed E-state index contributed by atoms with van der Waals surface area (Å²) in [7, 11) is 2.69. The quantitative estimate of drug-likeness (QED) is 0.812. The predicted octanol–water partition coefficient (Wildman–Crippen LogP) is 2.17. The molecule has 0 aromatic heterocycles. The normalized spacial score (nSPS) is 12.9. The summed E-state index contributed by atoms with van der Waals surface area (Å²) in [4.78, 5) is 11.3. The summed E-state index contributed by atoms with van der Waals surface area (Å²) in [6, 6.07) is 0.727. The zero-order chi connectivity index (χ0) is 15.3. The number of rotatable bonds is 6. The van der Waals surface area contributed by atoms with Gasteiger partial charge in [0, 0.05) is 11.6 Å². The Morgan fingerprint density at radius 3 is 2.29 bits per heavy atom. The maximum absolute atomic E-state index is 13.9. The molecule has 0 bridgehead atoms. The Morgan fingerprint density at radius 2 is 1.81 bits per heavy atom. The number of ether oxygens (including phenoxy) is 3. The maximum Gasteiger partial charge on any atom is 0.342 e. The molecule has 1 rings (SSSR count). The van der Waals surface area contributed by atoms with Gasteiger partial charge >= 0.3 is 5.97 Å². The van der Waals surface area contributed by atoms with Gasteiger partial charge in [0.2, 0.25) is 6.17 Å². The number of carbonyl (C=O) groups is 1. The van der Waals surface area contributed by atoms with Crippen molar-refractivity contribution in [2.75, 3.05) is 20.8 Å². The van der Waals surface area contributed by atoms with Crippen molar-refractivity contribution in [3.05, 3.63) is 23.5 Å². The van der Waals surface area contributed by atoms with Crippen LogP contribution < -0.4 is 15.2 Å². The Hall–Kier alpha value is -1.60. The molecule has 0 aliphatic rings. The number of methoxy groups -OCH3 is 2. The van der Waals surface area contributed by atoms with Crippen LogP contribution in [0.25, 0.3) is 0 Å². The van der Waals surface area contributed by atoms with E-state index >= 15 is 0 Å². The summed E-state index contributed by atoms with van der Waals surface area (Å²) in [5.74, 6) is -1.58. The number of halogens is 3. The fourth-order valence-electron chi connectivity index (χ4n) is 1.65. The van der Waals surface area contributed by atoms with E-state index in [1.165, 1.54) is 27.2 Å². The zero-order valence-corrected chi connectivity index (χ0v) is 12.7. The SMILES string of the molecule is CCOC(=O)C(F)[C@H](N)c1cc(OC)c(OC)cc1F.Cl. The number of alkyl halides is 1. The molecule has 2 atom stereocenters. The fraction of sp³-hybridized carbons (Fsp3) is 0.462. The van der Waals surface area contributed by atoms with Gasteiger partial charge in [0.15, 0.2) is 11.5 Å². The van der Waals surface area contributed by atoms with E-state index < -0.39 is 24.0 Å². The fourth-order valence-corrected chi connectivity index (χ4v) is 1.65. The van der Waals surface area contributed by atoms with Crippen molar-refractivity contribution in [1.82, 2.24) is 0 Å². The zero-order valence-electron chi connectivity index (χ0n) is 11.9. The molecule has 0 aliphatic carbocycles. The average molecular weight is 326 g/mol. The number of hydrogen-bond acceptors (Lipinski definition) is 5. The van der Waals surface area contributed by atoms with Crippen molar-refractivity contribution in [3.8, 4) is 11.5 Å². The Balaban J connectivity index is 0.00000400. The van der Waals surface area contributed by atoms with Crippen LogP contribution in [0.2, 0.25) is 0 Å². The Morgan fingerprint density at radius 1 is 1.29 bits per heavy atom. The second-order valence-corrected chi connectivity index (χ2v) is 3.91. The third-order valence-electron chi connectivity index (χ3n) is 2.69. The molecule has 0 radical (unpaired) electrons. The molecule has 2 N–H and O–H groups in total. The van der Waals surface area contributed by atoms with Gasteiger partial charge in [-0.15, -0.1) is 12.4 Å². The van der Waals surface area contributed by atoms with Crippen LogP contribution in [0, 0.1) is 5.82 Å². The summed E-state index contributed by atoms with van der Waals surface area (Å²) in [6.45, 7) is 1.55. The van der Waals surface area contributed by atoms with Crippen molar-refractivity contribution >= 4 is 18.4 Å². The Labute approximate surface area is 127 Å².